The van der Waals surface area contributed by atoms with Gasteiger partial charge in [-0.25, -0.2) is 9.98 Å². The van der Waals surface area contributed by atoms with E-state index in [1.807, 2.05) is 60.7 Å². The van der Waals surface area contributed by atoms with Crippen LogP contribution in [0.2, 0.25) is 0 Å². The van der Waals surface area contributed by atoms with Crippen molar-refractivity contribution in [1.29, 1.82) is 0 Å². The molecule has 9 nitrogen and oxygen atoms in total. The van der Waals surface area contributed by atoms with Crippen molar-refractivity contribution in [2.24, 2.45) is 4.99 Å². The highest BCUT2D eigenvalue weighted by Crippen LogP contribution is 2.31. The van der Waals surface area contributed by atoms with Crippen LogP contribution in [0.1, 0.15) is 17.2 Å². The average molecular weight is 438 g/mol. The molecule has 0 unspecified atom stereocenters. The van der Waals surface area contributed by atoms with Crippen LogP contribution in [0.15, 0.2) is 90.1 Å². The molecule has 2 heterocycles. The minimum atomic E-state index is -0.453. The van der Waals surface area contributed by atoms with E-state index >= 15 is 0 Å². The number of hydrogen-bond donors (Lipinski definition) is 1. The van der Waals surface area contributed by atoms with E-state index in [9.17, 15) is 10.1 Å². The first-order valence-electron chi connectivity index (χ1n) is 10.2. The zero-order valence-corrected chi connectivity index (χ0v) is 17.3. The Labute approximate surface area is 189 Å². The molecule has 0 amide bonds. The van der Waals surface area contributed by atoms with E-state index in [2.05, 4.69) is 25.5 Å². The minimum Gasteiger partial charge on any atom is -0.475 e. The molecule has 1 aliphatic heterocycles. The number of aliphatic imine (C=N–C) groups is 1. The van der Waals surface area contributed by atoms with Gasteiger partial charge in [0.05, 0.1) is 28.1 Å². The van der Waals surface area contributed by atoms with E-state index in [1.165, 1.54) is 12.1 Å². The molecule has 0 radical (unpaired) electrons. The second-order valence-electron chi connectivity index (χ2n) is 7.31. The molecule has 0 spiro atoms. The maximum absolute atomic E-state index is 11.4. The van der Waals surface area contributed by atoms with Crippen LogP contribution in [0.3, 0.4) is 0 Å². The lowest BCUT2D eigenvalue weighted by atomic mass is 10.1. The van der Waals surface area contributed by atoms with Gasteiger partial charge in [0.15, 0.2) is 0 Å². The number of nitro groups is 1. The molecule has 5 rings (SSSR count). The second-order valence-corrected chi connectivity index (χ2v) is 7.31. The predicted molar refractivity (Wildman–Crippen MR) is 123 cm³/mol. The van der Waals surface area contributed by atoms with Crippen molar-refractivity contribution in [3.63, 3.8) is 0 Å². The molecule has 1 aliphatic rings. The molecular formula is C24H18N6O3. The second kappa shape index (κ2) is 8.83. The zero-order valence-electron chi connectivity index (χ0n) is 17.3. The fourth-order valence-electron chi connectivity index (χ4n) is 3.52. The minimum absolute atomic E-state index is 0.0675. The number of anilines is 2. The summed E-state index contributed by atoms with van der Waals surface area (Å²) in [5.41, 5.74) is 3.47. The average Bonchev–Trinajstić information content (AvgIpc) is 3.36. The number of nitrogens with one attached hydrogen (secondary N) is 1. The van der Waals surface area contributed by atoms with E-state index in [4.69, 9.17) is 4.74 Å². The van der Waals surface area contributed by atoms with Crippen LogP contribution in [-0.2, 0) is 4.74 Å². The van der Waals surface area contributed by atoms with Crippen LogP contribution in [0, 0.1) is 10.1 Å². The molecule has 33 heavy (non-hydrogen) atoms. The van der Waals surface area contributed by atoms with Crippen LogP contribution < -0.4 is 5.32 Å². The summed E-state index contributed by atoms with van der Waals surface area (Å²) in [5, 5.41) is 22.6. The van der Waals surface area contributed by atoms with Crippen molar-refractivity contribution in [1.82, 2.24) is 15.2 Å². The number of non-ortho nitro benzene ring substituents is 1. The SMILES string of the molecule is O=[N+]([O-])c1ccc(Nc2nncc(-c3ccccc3)n2)c(C2=N[C@@H](c3ccccc3)CO2)c1. The molecule has 0 fully saturated rings. The Bertz CT molecular complexity index is 1330. The number of aromatic nitrogens is 3. The summed E-state index contributed by atoms with van der Waals surface area (Å²) < 4.78 is 5.84. The molecule has 0 saturated heterocycles. The summed E-state index contributed by atoms with van der Waals surface area (Å²) in [4.78, 5) is 20.1. The molecule has 9 heteroatoms. The summed E-state index contributed by atoms with van der Waals surface area (Å²) in [7, 11) is 0. The van der Waals surface area contributed by atoms with E-state index in [-0.39, 0.29) is 17.7 Å². The monoisotopic (exact) mass is 438 g/mol. The highest BCUT2D eigenvalue weighted by molar-refractivity contribution is 6.01. The van der Waals surface area contributed by atoms with Gasteiger partial charge in [0, 0.05) is 17.7 Å². The van der Waals surface area contributed by atoms with Crippen LogP contribution in [0.25, 0.3) is 11.3 Å². The van der Waals surface area contributed by atoms with Gasteiger partial charge < -0.3 is 10.1 Å². The highest BCUT2D eigenvalue weighted by Gasteiger charge is 2.25. The molecule has 162 valence electrons. The molecule has 0 saturated carbocycles. The third kappa shape index (κ3) is 4.38. The summed E-state index contributed by atoms with van der Waals surface area (Å²) in [6.45, 7) is 0.350. The molecule has 4 aromatic rings. The Morgan fingerprint density at radius 1 is 1.00 bits per heavy atom. The molecule has 3 aromatic carbocycles. The van der Waals surface area contributed by atoms with E-state index in [0.29, 0.717) is 29.4 Å². The van der Waals surface area contributed by atoms with E-state index in [1.54, 1.807) is 12.3 Å². The Morgan fingerprint density at radius 2 is 1.76 bits per heavy atom. The number of ether oxygens (including phenoxy) is 1. The van der Waals surface area contributed by atoms with Gasteiger partial charge in [-0.3, -0.25) is 10.1 Å². The molecule has 0 bridgehead atoms. The third-order valence-corrected chi connectivity index (χ3v) is 5.15. The van der Waals surface area contributed by atoms with Crippen LogP contribution in [0.4, 0.5) is 17.3 Å². The van der Waals surface area contributed by atoms with Crippen LogP contribution in [-0.4, -0.2) is 32.6 Å². The van der Waals surface area contributed by atoms with Crippen molar-refractivity contribution in [2.75, 3.05) is 11.9 Å². The van der Waals surface area contributed by atoms with Crippen LogP contribution >= 0.6 is 0 Å². The molecule has 0 aliphatic carbocycles. The Kier molecular flexibility index (Phi) is 5.42. The molecular weight excluding hydrogens is 420 g/mol. The lowest BCUT2D eigenvalue weighted by Crippen LogP contribution is -2.08. The Hall–Kier alpha value is -4.66. The Morgan fingerprint density at radius 3 is 2.52 bits per heavy atom. The smallest absolute Gasteiger partial charge is 0.270 e. The third-order valence-electron chi connectivity index (χ3n) is 5.15. The first-order chi connectivity index (χ1) is 16.2. The summed E-state index contributed by atoms with van der Waals surface area (Å²) in [6, 6.07) is 23.6. The number of rotatable bonds is 6. The van der Waals surface area contributed by atoms with Gasteiger partial charge in [-0.05, 0) is 11.6 Å². The van der Waals surface area contributed by atoms with Gasteiger partial charge in [0.2, 0.25) is 11.8 Å². The van der Waals surface area contributed by atoms with Gasteiger partial charge in [-0.2, -0.15) is 5.10 Å². The topological polar surface area (TPSA) is 115 Å². The van der Waals surface area contributed by atoms with Gasteiger partial charge >= 0.3 is 0 Å². The van der Waals surface area contributed by atoms with Crippen LogP contribution in [0.5, 0.6) is 0 Å². The van der Waals surface area contributed by atoms with Crippen molar-refractivity contribution in [3.8, 4) is 11.3 Å². The van der Waals surface area contributed by atoms with Gasteiger partial charge in [0.25, 0.3) is 5.69 Å². The quantitative estimate of drug-likeness (QED) is 0.342. The predicted octanol–water partition coefficient (Wildman–Crippen LogP) is 4.71. The molecule has 1 aromatic heterocycles. The number of nitrogens with zero attached hydrogens (tertiary/aromatic N) is 5. The Balaban J connectivity index is 1.50. The molecule has 1 N–H and O–H groups in total. The van der Waals surface area contributed by atoms with Gasteiger partial charge in [-0.1, -0.05) is 60.7 Å². The molecule has 1 atom stereocenters. The van der Waals surface area contributed by atoms with Crippen molar-refractivity contribution in [3.05, 3.63) is 106 Å². The maximum atomic E-state index is 11.4. The summed E-state index contributed by atoms with van der Waals surface area (Å²) in [6.07, 6.45) is 1.58. The van der Waals surface area contributed by atoms with Crippen molar-refractivity contribution in [2.45, 2.75) is 6.04 Å². The highest BCUT2D eigenvalue weighted by atomic mass is 16.6. The number of nitro benzene ring substituents is 1. The van der Waals surface area contributed by atoms with Crippen molar-refractivity contribution < 1.29 is 9.66 Å². The lowest BCUT2D eigenvalue weighted by molar-refractivity contribution is -0.384. The van der Waals surface area contributed by atoms with Gasteiger partial charge in [0.1, 0.15) is 12.6 Å². The summed E-state index contributed by atoms with van der Waals surface area (Å²) in [5.74, 6) is 0.576. The fourth-order valence-corrected chi connectivity index (χ4v) is 3.52. The first-order valence-corrected chi connectivity index (χ1v) is 10.2. The van der Waals surface area contributed by atoms with Crippen molar-refractivity contribution >= 4 is 23.2 Å². The van der Waals surface area contributed by atoms with E-state index in [0.717, 1.165) is 11.1 Å². The number of benzene rings is 3. The zero-order chi connectivity index (χ0) is 22.6. The first kappa shape index (κ1) is 20.3. The number of hydrogen-bond acceptors (Lipinski definition) is 8. The normalized spacial score (nSPS) is 14.9. The maximum Gasteiger partial charge on any atom is 0.270 e. The lowest BCUT2D eigenvalue weighted by Gasteiger charge is -2.11. The standard InChI is InChI=1S/C24H18N6O3/c31-30(32)18-11-12-20(27-24-28-21(14-25-29-24)16-7-3-1-4-8-16)19(13-18)23-26-22(15-33-23)17-9-5-2-6-10-17/h1-14,22H,15H2,(H,27,28,29)/t22-/m1/s1. The summed E-state index contributed by atoms with van der Waals surface area (Å²) >= 11 is 0. The fraction of sp³-hybridized carbons (Fsp3) is 0.0833. The van der Waals surface area contributed by atoms with E-state index < -0.39 is 4.92 Å². The largest absolute Gasteiger partial charge is 0.475 e. The van der Waals surface area contributed by atoms with Gasteiger partial charge in [-0.15, -0.1) is 5.10 Å².